The summed E-state index contributed by atoms with van der Waals surface area (Å²) in [6.07, 6.45) is 0. The van der Waals surface area contributed by atoms with Gasteiger partial charge in [-0.15, -0.1) is 0 Å². The minimum atomic E-state index is -0.0598. The van der Waals surface area contributed by atoms with E-state index in [1.165, 1.54) is 11.8 Å². The Hall–Kier alpha value is -2.04. The summed E-state index contributed by atoms with van der Waals surface area (Å²) < 4.78 is 0. The van der Waals surface area contributed by atoms with Gasteiger partial charge in [-0.2, -0.15) is 0 Å². The molecule has 1 amide bonds. The molecule has 0 bridgehead atoms. The molecule has 3 nitrogen and oxygen atoms in total. The summed E-state index contributed by atoms with van der Waals surface area (Å²) in [6, 6.07) is 17.3. The van der Waals surface area contributed by atoms with Gasteiger partial charge in [-0.05, 0) is 42.8 Å². The fourth-order valence-electron chi connectivity index (χ4n) is 2.22. The van der Waals surface area contributed by atoms with Crippen LogP contribution in [0.5, 0.6) is 0 Å². The van der Waals surface area contributed by atoms with E-state index < -0.39 is 0 Å². The van der Waals surface area contributed by atoms with Crippen LogP contribution in [0, 0.1) is 6.92 Å². The number of hydrogen-bond donors (Lipinski definition) is 1. The van der Waals surface area contributed by atoms with E-state index in [0.29, 0.717) is 10.8 Å². The second kappa shape index (κ2) is 7.02. The highest BCUT2D eigenvalue weighted by atomic mass is 35.5. The van der Waals surface area contributed by atoms with E-state index in [2.05, 4.69) is 10.3 Å². The molecule has 1 N–H and O–H groups in total. The summed E-state index contributed by atoms with van der Waals surface area (Å²) in [7, 11) is 0. The Morgan fingerprint density at radius 2 is 2.00 bits per heavy atom. The van der Waals surface area contributed by atoms with Crippen LogP contribution < -0.4 is 5.32 Å². The second-order valence-electron chi connectivity index (χ2n) is 5.14. The third-order valence-electron chi connectivity index (χ3n) is 3.39. The summed E-state index contributed by atoms with van der Waals surface area (Å²) in [5.41, 5.74) is 2.66. The maximum atomic E-state index is 12.1. The molecule has 0 atom stereocenters. The van der Waals surface area contributed by atoms with Crippen molar-refractivity contribution in [3.05, 3.63) is 65.2 Å². The average molecular weight is 343 g/mol. The van der Waals surface area contributed by atoms with Crippen LogP contribution in [0.1, 0.15) is 5.56 Å². The lowest BCUT2D eigenvalue weighted by molar-refractivity contribution is -0.113. The number of pyridine rings is 1. The van der Waals surface area contributed by atoms with Crippen LogP contribution in [0.3, 0.4) is 0 Å². The van der Waals surface area contributed by atoms with E-state index in [-0.39, 0.29) is 5.91 Å². The number of nitrogens with zero attached hydrogens (tertiary/aromatic N) is 1. The highest BCUT2D eigenvalue weighted by Crippen LogP contribution is 2.22. The van der Waals surface area contributed by atoms with E-state index in [1.807, 2.05) is 55.5 Å². The van der Waals surface area contributed by atoms with Gasteiger partial charge in [-0.1, -0.05) is 47.6 Å². The number of benzene rings is 2. The van der Waals surface area contributed by atoms with Crippen LogP contribution in [-0.2, 0) is 4.79 Å². The fraction of sp³-hybridized carbons (Fsp3) is 0.111. The molecule has 1 heterocycles. The lowest BCUT2D eigenvalue weighted by Gasteiger charge is -2.08. The standard InChI is InChI=1S/C18H15ClN2OS/c1-12-10-14(19)7-8-15(12)20-17(22)11-23-18-9-6-13-4-2-3-5-16(13)21-18/h2-10H,11H2,1H3,(H,20,22). The maximum Gasteiger partial charge on any atom is 0.234 e. The van der Waals surface area contributed by atoms with Crippen molar-refractivity contribution in [3.63, 3.8) is 0 Å². The number of para-hydroxylation sites is 1. The second-order valence-corrected chi connectivity index (χ2v) is 6.57. The molecule has 5 heteroatoms. The largest absolute Gasteiger partial charge is 0.325 e. The minimum Gasteiger partial charge on any atom is -0.325 e. The van der Waals surface area contributed by atoms with Crippen molar-refractivity contribution >= 4 is 45.9 Å². The smallest absolute Gasteiger partial charge is 0.234 e. The number of hydrogen-bond acceptors (Lipinski definition) is 3. The van der Waals surface area contributed by atoms with Gasteiger partial charge in [0.2, 0.25) is 5.91 Å². The number of carbonyl (C=O) groups excluding carboxylic acids is 1. The van der Waals surface area contributed by atoms with E-state index in [1.54, 1.807) is 6.07 Å². The Morgan fingerprint density at radius 1 is 1.17 bits per heavy atom. The van der Waals surface area contributed by atoms with Crippen LogP contribution in [-0.4, -0.2) is 16.6 Å². The van der Waals surface area contributed by atoms with Crippen LogP contribution >= 0.6 is 23.4 Å². The average Bonchev–Trinajstić information content (AvgIpc) is 2.55. The molecule has 0 radical (unpaired) electrons. The normalized spacial score (nSPS) is 10.7. The van der Waals surface area contributed by atoms with Crippen molar-refractivity contribution in [1.29, 1.82) is 0 Å². The molecule has 0 aliphatic carbocycles. The number of thioether (sulfide) groups is 1. The molecule has 3 rings (SSSR count). The van der Waals surface area contributed by atoms with Gasteiger partial charge in [0.1, 0.15) is 0 Å². The Balaban J connectivity index is 1.63. The lowest BCUT2D eigenvalue weighted by atomic mass is 10.2. The Morgan fingerprint density at radius 3 is 2.83 bits per heavy atom. The summed E-state index contributed by atoms with van der Waals surface area (Å²) in [5, 5.41) is 5.50. The van der Waals surface area contributed by atoms with Gasteiger partial charge < -0.3 is 5.32 Å². The van der Waals surface area contributed by atoms with Crippen molar-refractivity contribution in [2.45, 2.75) is 11.9 Å². The number of fused-ring (bicyclic) bond motifs is 1. The third kappa shape index (κ3) is 4.03. The molecule has 116 valence electrons. The molecule has 0 saturated carbocycles. The monoisotopic (exact) mass is 342 g/mol. The molecule has 0 fully saturated rings. The zero-order valence-electron chi connectivity index (χ0n) is 12.5. The number of nitrogens with one attached hydrogen (secondary N) is 1. The minimum absolute atomic E-state index is 0.0598. The first-order valence-corrected chi connectivity index (χ1v) is 8.53. The number of halogens is 1. The van der Waals surface area contributed by atoms with Crippen LogP contribution in [0.15, 0.2) is 59.6 Å². The molecular formula is C18H15ClN2OS. The number of carbonyl (C=O) groups is 1. The number of aromatic nitrogens is 1. The highest BCUT2D eigenvalue weighted by Gasteiger charge is 2.07. The Labute approximate surface area is 144 Å². The molecule has 3 aromatic rings. The van der Waals surface area contributed by atoms with Crippen LogP contribution in [0.25, 0.3) is 10.9 Å². The Bertz CT molecular complexity index is 867. The zero-order chi connectivity index (χ0) is 16.2. The fourth-order valence-corrected chi connectivity index (χ4v) is 3.13. The SMILES string of the molecule is Cc1cc(Cl)ccc1NC(=O)CSc1ccc2ccccc2n1. The van der Waals surface area contributed by atoms with E-state index >= 15 is 0 Å². The van der Waals surface area contributed by atoms with Crippen molar-refractivity contribution in [1.82, 2.24) is 4.98 Å². The molecule has 1 aromatic heterocycles. The van der Waals surface area contributed by atoms with E-state index in [9.17, 15) is 4.79 Å². The number of rotatable bonds is 4. The third-order valence-corrected chi connectivity index (χ3v) is 4.55. The van der Waals surface area contributed by atoms with Crippen molar-refractivity contribution in [2.75, 3.05) is 11.1 Å². The van der Waals surface area contributed by atoms with Crippen molar-refractivity contribution in [2.24, 2.45) is 0 Å². The summed E-state index contributed by atoms with van der Waals surface area (Å²) in [6.45, 7) is 1.92. The summed E-state index contributed by atoms with van der Waals surface area (Å²) in [5.74, 6) is 0.253. The van der Waals surface area contributed by atoms with Gasteiger partial charge >= 0.3 is 0 Å². The number of anilines is 1. The van der Waals surface area contributed by atoms with Gasteiger partial charge in [0.15, 0.2) is 0 Å². The van der Waals surface area contributed by atoms with Gasteiger partial charge in [0.25, 0.3) is 0 Å². The molecule has 0 spiro atoms. The molecule has 0 unspecified atom stereocenters. The molecular weight excluding hydrogens is 328 g/mol. The Kier molecular flexibility index (Phi) is 4.84. The van der Waals surface area contributed by atoms with Gasteiger partial charge in [-0.3, -0.25) is 4.79 Å². The van der Waals surface area contributed by atoms with Crippen LogP contribution in [0.2, 0.25) is 5.02 Å². The van der Waals surface area contributed by atoms with Crippen molar-refractivity contribution in [3.8, 4) is 0 Å². The molecule has 23 heavy (non-hydrogen) atoms. The molecule has 0 aliphatic heterocycles. The van der Waals surface area contributed by atoms with E-state index in [0.717, 1.165) is 27.2 Å². The maximum absolute atomic E-state index is 12.1. The summed E-state index contributed by atoms with van der Waals surface area (Å²) in [4.78, 5) is 16.6. The number of aryl methyl sites for hydroxylation is 1. The highest BCUT2D eigenvalue weighted by molar-refractivity contribution is 7.99. The predicted molar refractivity (Wildman–Crippen MR) is 97.3 cm³/mol. The molecule has 0 saturated heterocycles. The lowest BCUT2D eigenvalue weighted by Crippen LogP contribution is -2.14. The van der Waals surface area contributed by atoms with E-state index in [4.69, 9.17) is 11.6 Å². The summed E-state index contributed by atoms with van der Waals surface area (Å²) >= 11 is 7.34. The van der Waals surface area contributed by atoms with Gasteiger partial charge in [0.05, 0.1) is 16.3 Å². The topological polar surface area (TPSA) is 42.0 Å². The first kappa shape index (κ1) is 15.8. The van der Waals surface area contributed by atoms with Gasteiger partial charge in [0, 0.05) is 16.1 Å². The van der Waals surface area contributed by atoms with Crippen LogP contribution in [0.4, 0.5) is 5.69 Å². The molecule has 0 aliphatic rings. The molecule has 2 aromatic carbocycles. The van der Waals surface area contributed by atoms with Gasteiger partial charge in [-0.25, -0.2) is 4.98 Å². The predicted octanol–water partition coefficient (Wildman–Crippen LogP) is 4.93. The van der Waals surface area contributed by atoms with Crippen molar-refractivity contribution < 1.29 is 4.79 Å². The quantitative estimate of drug-likeness (QED) is 0.684. The zero-order valence-corrected chi connectivity index (χ0v) is 14.1. The number of amides is 1. The first-order valence-electron chi connectivity index (χ1n) is 7.16. The first-order chi connectivity index (χ1) is 11.1.